The first kappa shape index (κ1) is 13.8. The van der Waals surface area contributed by atoms with Gasteiger partial charge < -0.3 is 9.88 Å². The summed E-state index contributed by atoms with van der Waals surface area (Å²) in [6, 6.07) is 2.13. The molecule has 0 aliphatic heterocycles. The van der Waals surface area contributed by atoms with Gasteiger partial charge in [0.1, 0.15) is 5.82 Å². The van der Waals surface area contributed by atoms with Crippen LogP contribution in [0.3, 0.4) is 0 Å². The predicted molar refractivity (Wildman–Crippen MR) is 76.0 cm³/mol. The molecule has 104 valence electrons. The van der Waals surface area contributed by atoms with Crippen LogP contribution in [0.25, 0.3) is 0 Å². The van der Waals surface area contributed by atoms with E-state index in [4.69, 9.17) is 0 Å². The number of hydrogen-bond donors (Lipinski definition) is 1. The Balaban J connectivity index is 2.15. The summed E-state index contributed by atoms with van der Waals surface area (Å²) < 4.78 is 4.19. The number of aromatic nitrogens is 4. The molecule has 19 heavy (non-hydrogen) atoms. The zero-order valence-corrected chi connectivity index (χ0v) is 12.3. The highest BCUT2D eigenvalue weighted by Crippen LogP contribution is 2.10. The minimum absolute atomic E-state index is 0.826. The Morgan fingerprint density at radius 1 is 1.26 bits per heavy atom. The van der Waals surface area contributed by atoms with Crippen molar-refractivity contribution >= 4 is 0 Å². The molecule has 1 N–H and O–H groups in total. The van der Waals surface area contributed by atoms with Crippen LogP contribution in [0.15, 0.2) is 12.3 Å². The quantitative estimate of drug-likeness (QED) is 0.806. The van der Waals surface area contributed by atoms with Gasteiger partial charge in [-0.25, -0.2) is 4.98 Å². The molecule has 5 heteroatoms. The Hall–Kier alpha value is -1.62. The Kier molecular flexibility index (Phi) is 4.37. The van der Waals surface area contributed by atoms with E-state index in [1.807, 2.05) is 31.8 Å². The molecule has 2 aromatic heterocycles. The monoisotopic (exact) mass is 261 g/mol. The first-order valence-electron chi connectivity index (χ1n) is 6.83. The van der Waals surface area contributed by atoms with Gasteiger partial charge in [-0.2, -0.15) is 5.10 Å². The molecule has 0 unspecified atom stereocenters. The van der Waals surface area contributed by atoms with Gasteiger partial charge in [0, 0.05) is 19.8 Å². The third-order valence-electron chi connectivity index (χ3n) is 3.29. The van der Waals surface area contributed by atoms with Gasteiger partial charge in [-0.15, -0.1) is 0 Å². The molecule has 0 radical (unpaired) electrons. The summed E-state index contributed by atoms with van der Waals surface area (Å²) in [4.78, 5) is 4.42. The second-order valence-corrected chi connectivity index (χ2v) is 4.96. The van der Waals surface area contributed by atoms with E-state index in [9.17, 15) is 0 Å². The number of aryl methyl sites for hydroxylation is 3. The molecule has 0 amide bonds. The summed E-state index contributed by atoms with van der Waals surface area (Å²) in [5, 5.41) is 7.82. The molecule has 5 nitrogen and oxygen atoms in total. The summed E-state index contributed by atoms with van der Waals surface area (Å²) in [7, 11) is 1.99. The minimum atomic E-state index is 0.826. The lowest BCUT2D eigenvalue weighted by Crippen LogP contribution is -2.18. The number of nitrogens with one attached hydrogen (secondary N) is 1. The van der Waals surface area contributed by atoms with E-state index in [2.05, 4.69) is 33.0 Å². The van der Waals surface area contributed by atoms with Crippen LogP contribution in [0.5, 0.6) is 0 Å². The normalized spacial score (nSPS) is 11.2. The van der Waals surface area contributed by atoms with Crippen molar-refractivity contribution < 1.29 is 0 Å². The fourth-order valence-electron chi connectivity index (χ4n) is 2.24. The molecule has 0 spiro atoms. The first-order valence-corrected chi connectivity index (χ1v) is 6.83. The third kappa shape index (κ3) is 3.23. The molecule has 0 aliphatic rings. The number of nitrogens with zero attached hydrogens (tertiary/aromatic N) is 4. The molecule has 0 bridgehead atoms. The van der Waals surface area contributed by atoms with Gasteiger partial charge >= 0.3 is 0 Å². The number of hydrogen-bond acceptors (Lipinski definition) is 3. The van der Waals surface area contributed by atoms with Gasteiger partial charge in [0.15, 0.2) is 0 Å². The van der Waals surface area contributed by atoms with Gasteiger partial charge in [-0.05, 0) is 32.9 Å². The van der Waals surface area contributed by atoms with Crippen LogP contribution in [-0.4, -0.2) is 25.9 Å². The van der Waals surface area contributed by atoms with Gasteiger partial charge in [-0.3, -0.25) is 4.68 Å². The lowest BCUT2D eigenvalue weighted by atomic mass is 10.3. The first-order chi connectivity index (χ1) is 9.11. The zero-order valence-electron chi connectivity index (χ0n) is 12.3. The van der Waals surface area contributed by atoms with Crippen LogP contribution < -0.4 is 5.32 Å². The van der Waals surface area contributed by atoms with Crippen molar-refractivity contribution in [3.63, 3.8) is 0 Å². The van der Waals surface area contributed by atoms with Crippen LogP contribution in [-0.2, 0) is 20.1 Å². The van der Waals surface area contributed by atoms with Crippen LogP contribution in [0.1, 0.15) is 36.3 Å². The molecule has 0 saturated carbocycles. The van der Waals surface area contributed by atoms with E-state index in [1.165, 1.54) is 11.4 Å². The smallest absolute Gasteiger partial charge is 0.106 e. The van der Waals surface area contributed by atoms with Crippen LogP contribution in [0.4, 0.5) is 0 Å². The summed E-state index contributed by atoms with van der Waals surface area (Å²) in [5.74, 6) is 1.05. The molecular weight excluding hydrogens is 238 g/mol. The fraction of sp³-hybridized carbons (Fsp3) is 0.571. The Morgan fingerprint density at radius 2 is 2.05 bits per heavy atom. The molecule has 2 heterocycles. The van der Waals surface area contributed by atoms with Crippen molar-refractivity contribution in [2.75, 3.05) is 6.54 Å². The largest absolute Gasteiger partial charge is 0.325 e. The van der Waals surface area contributed by atoms with Gasteiger partial charge in [0.2, 0.25) is 0 Å². The van der Waals surface area contributed by atoms with E-state index in [1.54, 1.807) is 0 Å². The van der Waals surface area contributed by atoms with E-state index >= 15 is 0 Å². The topological polar surface area (TPSA) is 47.7 Å². The van der Waals surface area contributed by atoms with Crippen LogP contribution in [0, 0.1) is 13.8 Å². The summed E-state index contributed by atoms with van der Waals surface area (Å²) >= 11 is 0. The third-order valence-corrected chi connectivity index (χ3v) is 3.29. The average molecular weight is 261 g/mol. The lowest BCUT2D eigenvalue weighted by Gasteiger charge is -2.11. The maximum Gasteiger partial charge on any atom is 0.106 e. The summed E-state index contributed by atoms with van der Waals surface area (Å²) in [5.41, 5.74) is 3.49. The van der Waals surface area contributed by atoms with Crippen molar-refractivity contribution in [3.05, 3.63) is 35.2 Å². The highest BCUT2D eigenvalue weighted by Gasteiger charge is 2.09. The van der Waals surface area contributed by atoms with Gasteiger partial charge in [0.05, 0.1) is 23.6 Å². The summed E-state index contributed by atoms with van der Waals surface area (Å²) in [6.07, 6.45) is 3.11. The van der Waals surface area contributed by atoms with Crippen molar-refractivity contribution in [2.45, 2.75) is 40.3 Å². The van der Waals surface area contributed by atoms with E-state index < -0.39 is 0 Å². The highest BCUT2D eigenvalue weighted by atomic mass is 15.3. The zero-order chi connectivity index (χ0) is 13.8. The predicted octanol–water partition coefficient (Wildman–Crippen LogP) is 1.78. The van der Waals surface area contributed by atoms with E-state index in [0.29, 0.717) is 0 Å². The van der Waals surface area contributed by atoms with Crippen LogP contribution in [0.2, 0.25) is 0 Å². The lowest BCUT2D eigenvalue weighted by molar-refractivity contribution is 0.600. The van der Waals surface area contributed by atoms with Crippen molar-refractivity contribution in [3.8, 4) is 0 Å². The van der Waals surface area contributed by atoms with Crippen LogP contribution >= 0.6 is 0 Å². The maximum atomic E-state index is 4.42. The standard InChI is InChI=1S/C14H23N5/c1-5-6-15-8-14-9-16-12(3)19(14)10-13-7-11(2)17-18(13)4/h7,9,15H,5-6,8,10H2,1-4H3. The Morgan fingerprint density at radius 3 is 2.68 bits per heavy atom. The molecule has 0 aromatic carbocycles. The second-order valence-electron chi connectivity index (χ2n) is 4.96. The average Bonchev–Trinajstić information content (AvgIpc) is 2.86. The molecule has 0 atom stereocenters. The number of imidazole rings is 1. The second kappa shape index (κ2) is 6.02. The summed E-state index contributed by atoms with van der Waals surface area (Å²) in [6.45, 7) is 8.97. The molecule has 0 fully saturated rings. The Labute approximate surface area is 114 Å². The fourth-order valence-corrected chi connectivity index (χ4v) is 2.24. The highest BCUT2D eigenvalue weighted by molar-refractivity contribution is 5.13. The van der Waals surface area contributed by atoms with E-state index in [0.717, 1.165) is 37.6 Å². The van der Waals surface area contributed by atoms with Gasteiger partial charge in [0.25, 0.3) is 0 Å². The van der Waals surface area contributed by atoms with Gasteiger partial charge in [-0.1, -0.05) is 6.92 Å². The molecule has 2 rings (SSSR count). The molecule has 0 aliphatic carbocycles. The maximum absolute atomic E-state index is 4.42. The molecule has 2 aromatic rings. The van der Waals surface area contributed by atoms with Crippen molar-refractivity contribution in [1.29, 1.82) is 0 Å². The van der Waals surface area contributed by atoms with Crippen molar-refractivity contribution in [2.24, 2.45) is 7.05 Å². The SMILES string of the molecule is CCCNCc1cnc(C)n1Cc1cc(C)nn1C. The van der Waals surface area contributed by atoms with E-state index in [-0.39, 0.29) is 0 Å². The Bertz CT molecular complexity index is 538. The molecular formula is C14H23N5. The van der Waals surface area contributed by atoms with Crippen molar-refractivity contribution in [1.82, 2.24) is 24.6 Å². The molecule has 0 saturated heterocycles. The minimum Gasteiger partial charge on any atom is -0.325 e. The number of rotatable bonds is 6.